The van der Waals surface area contributed by atoms with Crippen LogP contribution in [0.5, 0.6) is 0 Å². The number of Topliss-reactive ketones (excluding diaryl/α,β-unsaturated/α-hetero) is 1. The molecule has 0 aromatic carbocycles. The maximum absolute atomic E-state index is 12.1. The number of ketones is 1. The van der Waals surface area contributed by atoms with Gasteiger partial charge in [0.1, 0.15) is 5.69 Å². The van der Waals surface area contributed by atoms with E-state index in [9.17, 15) is 9.90 Å². The summed E-state index contributed by atoms with van der Waals surface area (Å²) in [6.45, 7) is 9.16. The van der Waals surface area contributed by atoms with Crippen molar-refractivity contribution in [1.29, 1.82) is 0 Å². The van der Waals surface area contributed by atoms with E-state index in [1.54, 1.807) is 23.9 Å². The molecule has 0 fully saturated rings. The van der Waals surface area contributed by atoms with Crippen LogP contribution < -0.4 is 0 Å². The first-order chi connectivity index (χ1) is 7.25. The van der Waals surface area contributed by atoms with Gasteiger partial charge in [-0.2, -0.15) is 5.10 Å². The molecule has 90 valence electrons. The Bertz CT molecular complexity index is 375. The maximum Gasteiger partial charge on any atom is 0.186 e. The second-order valence-electron chi connectivity index (χ2n) is 5.22. The van der Waals surface area contributed by atoms with Crippen LogP contribution in [0, 0.1) is 5.41 Å². The molecule has 1 aromatic heterocycles. The fraction of sp³-hybridized carbons (Fsp3) is 0.667. The third-order valence-corrected chi connectivity index (χ3v) is 2.67. The summed E-state index contributed by atoms with van der Waals surface area (Å²) < 4.78 is 1.60. The van der Waals surface area contributed by atoms with E-state index in [-0.39, 0.29) is 11.8 Å². The predicted octanol–water partition coefficient (Wildman–Crippen LogP) is 2.05. The van der Waals surface area contributed by atoms with Crippen molar-refractivity contribution < 1.29 is 9.90 Å². The Balaban J connectivity index is 3.08. The van der Waals surface area contributed by atoms with Gasteiger partial charge in [0.25, 0.3) is 0 Å². The van der Waals surface area contributed by atoms with Gasteiger partial charge in [0.2, 0.25) is 0 Å². The molecule has 2 atom stereocenters. The minimum Gasteiger partial charge on any atom is -0.391 e. The van der Waals surface area contributed by atoms with Gasteiger partial charge in [0.15, 0.2) is 5.78 Å². The number of hydrogen-bond acceptors (Lipinski definition) is 3. The van der Waals surface area contributed by atoms with Crippen LogP contribution in [-0.2, 0) is 0 Å². The first-order valence-electron chi connectivity index (χ1n) is 5.51. The van der Waals surface area contributed by atoms with Gasteiger partial charge in [-0.15, -0.1) is 0 Å². The van der Waals surface area contributed by atoms with E-state index in [1.165, 1.54) is 0 Å². The highest BCUT2D eigenvalue weighted by molar-refractivity contribution is 5.98. The quantitative estimate of drug-likeness (QED) is 0.799. The Hall–Kier alpha value is -1.16. The Morgan fingerprint density at radius 2 is 2.00 bits per heavy atom. The van der Waals surface area contributed by atoms with Crippen LogP contribution in [0.1, 0.15) is 51.1 Å². The number of rotatable bonds is 3. The van der Waals surface area contributed by atoms with Crippen molar-refractivity contribution in [2.75, 3.05) is 0 Å². The van der Waals surface area contributed by atoms with Crippen molar-refractivity contribution in [1.82, 2.24) is 9.78 Å². The van der Waals surface area contributed by atoms with E-state index in [2.05, 4.69) is 5.10 Å². The van der Waals surface area contributed by atoms with E-state index < -0.39 is 11.5 Å². The lowest BCUT2D eigenvalue weighted by Crippen LogP contribution is -2.28. The third-order valence-electron chi connectivity index (χ3n) is 2.67. The van der Waals surface area contributed by atoms with E-state index in [0.29, 0.717) is 5.69 Å². The summed E-state index contributed by atoms with van der Waals surface area (Å²) in [5.74, 6) is 0.0394. The second kappa shape index (κ2) is 4.37. The Kier molecular flexibility index (Phi) is 3.53. The molecule has 4 nitrogen and oxygen atoms in total. The normalized spacial score (nSPS) is 15.9. The smallest absolute Gasteiger partial charge is 0.186 e. The number of hydrogen-bond donors (Lipinski definition) is 1. The number of aliphatic hydroxyl groups excluding tert-OH is 1. The zero-order chi connectivity index (χ0) is 12.5. The van der Waals surface area contributed by atoms with Gasteiger partial charge in [-0.1, -0.05) is 20.8 Å². The van der Waals surface area contributed by atoms with Crippen molar-refractivity contribution in [2.45, 2.75) is 46.8 Å². The lowest BCUT2D eigenvalue weighted by molar-refractivity contribution is 0.0828. The summed E-state index contributed by atoms with van der Waals surface area (Å²) in [4.78, 5) is 12.1. The van der Waals surface area contributed by atoms with Crippen LogP contribution in [0.4, 0.5) is 0 Å². The van der Waals surface area contributed by atoms with Crippen molar-refractivity contribution in [3.8, 4) is 0 Å². The number of carbonyl (C=O) groups excluding carboxylic acids is 1. The molecule has 0 bridgehead atoms. The lowest BCUT2D eigenvalue weighted by Gasteiger charge is -2.21. The molecule has 1 heterocycles. The number of carbonyl (C=O) groups is 1. The van der Waals surface area contributed by atoms with Crippen LogP contribution in [0.3, 0.4) is 0 Å². The van der Waals surface area contributed by atoms with Crippen LogP contribution in [0.25, 0.3) is 0 Å². The molecule has 0 aliphatic heterocycles. The molecule has 4 heteroatoms. The minimum atomic E-state index is -0.536. The molecular weight excluding hydrogens is 204 g/mol. The standard InChI is InChI=1S/C12H20N2O2/c1-8(9(2)15)14-10(6-7-13-14)11(16)12(3,4)5/h6-9,15H,1-5H3. The van der Waals surface area contributed by atoms with Crippen molar-refractivity contribution in [3.63, 3.8) is 0 Å². The number of aliphatic hydroxyl groups is 1. The van der Waals surface area contributed by atoms with Crippen molar-refractivity contribution >= 4 is 5.78 Å². The summed E-state index contributed by atoms with van der Waals surface area (Å²) in [6, 6.07) is 1.50. The number of nitrogens with zero attached hydrogens (tertiary/aromatic N) is 2. The molecule has 1 rings (SSSR count). The minimum absolute atomic E-state index is 0.0394. The molecule has 0 radical (unpaired) electrons. The van der Waals surface area contributed by atoms with Crippen molar-refractivity contribution in [3.05, 3.63) is 18.0 Å². The summed E-state index contributed by atoms with van der Waals surface area (Å²) in [5.41, 5.74) is 0.122. The summed E-state index contributed by atoms with van der Waals surface area (Å²) >= 11 is 0. The fourth-order valence-corrected chi connectivity index (χ4v) is 1.41. The van der Waals surface area contributed by atoms with Gasteiger partial charge in [-0.05, 0) is 19.9 Å². The van der Waals surface area contributed by atoms with Gasteiger partial charge >= 0.3 is 0 Å². The first-order valence-corrected chi connectivity index (χ1v) is 5.51. The SMILES string of the molecule is CC(O)C(C)n1nccc1C(=O)C(C)(C)C. The van der Waals surface area contributed by atoms with E-state index in [4.69, 9.17) is 0 Å². The molecule has 0 aliphatic carbocycles. The average molecular weight is 224 g/mol. The van der Waals surface area contributed by atoms with Crippen molar-refractivity contribution in [2.24, 2.45) is 5.41 Å². The van der Waals surface area contributed by atoms with Gasteiger partial charge in [0, 0.05) is 11.6 Å². The zero-order valence-corrected chi connectivity index (χ0v) is 10.6. The lowest BCUT2D eigenvalue weighted by atomic mass is 9.89. The Morgan fingerprint density at radius 1 is 1.44 bits per heavy atom. The Morgan fingerprint density at radius 3 is 2.44 bits per heavy atom. The summed E-state index contributed by atoms with van der Waals surface area (Å²) in [7, 11) is 0. The Labute approximate surface area is 96.3 Å². The molecule has 0 saturated carbocycles. The number of aromatic nitrogens is 2. The van der Waals surface area contributed by atoms with Crippen LogP contribution in [-0.4, -0.2) is 26.8 Å². The van der Waals surface area contributed by atoms with E-state index in [0.717, 1.165) is 0 Å². The summed E-state index contributed by atoms with van der Waals surface area (Å²) in [6.07, 6.45) is 1.06. The molecule has 1 N–H and O–H groups in total. The molecule has 2 unspecified atom stereocenters. The van der Waals surface area contributed by atoms with Crippen LogP contribution >= 0.6 is 0 Å². The van der Waals surface area contributed by atoms with Crippen LogP contribution in [0.2, 0.25) is 0 Å². The molecule has 16 heavy (non-hydrogen) atoms. The molecule has 0 spiro atoms. The van der Waals surface area contributed by atoms with Crippen LogP contribution in [0.15, 0.2) is 12.3 Å². The first kappa shape index (κ1) is 12.9. The summed E-state index contributed by atoms with van der Waals surface area (Å²) in [5, 5.41) is 13.6. The largest absolute Gasteiger partial charge is 0.391 e. The molecule has 1 aromatic rings. The highest BCUT2D eigenvalue weighted by Crippen LogP contribution is 2.23. The van der Waals surface area contributed by atoms with E-state index in [1.807, 2.05) is 27.7 Å². The topological polar surface area (TPSA) is 55.1 Å². The molecular formula is C12H20N2O2. The predicted molar refractivity (Wildman–Crippen MR) is 62.4 cm³/mol. The van der Waals surface area contributed by atoms with Gasteiger partial charge in [0.05, 0.1) is 12.1 Å². The highest BCUT2D eigenvalue weighted by Gasteiger charge is 2.27. The fourth-order valence-electron chi connectivity index (χ4n) is 1.41. The monoisotopic (exact) mass is 224 g/mol. The molecule has 0 aliphatic rings. The van der Waals surface area contributed by atoms with Gasteiger partial charge < -0.3 is 5.11 Å². The third kappa shape index (κ3) is 2.50. The highest BCUT2D eigenvalue weighted by atomic mass is 16.3. The van der Waals surface area contributed by atoms with Gasteiger partial charge in [-0.25, -0.2) is 0 Å². The zero-order valence-electron chi connectivity index (χ0n) is 10.6. The molecule has 0 saturated heterocycles. The maximum atomic E-state index is 12.1. The van der Waals surface area contributed by atoms with E-state index >= 15 is 0 Å². The molecule has 0 amide bonds. The second-order valence-corrected chi connectivity index (χ2v) is 5.22. The average Bonchev–Trinajstić information content (AvgIpc) is 2.61. The van der Waals surface area contributed by atoms with Gasteiger partial charge in [-0.3, -0.25) is 9.48 Å².